The van der Waals surface area contributed by atoms with Crippen molar-refractivity contribution < 1.29 is 28.5 Å². The molecule has 2 aromatic rings. The molecule has 1 saturated heterocycles. The lowest BCUT2D eigenvalue weighted by Gasteiger charge is -2.43. The van der Waals surface area contributed by atoms with Gasteiger partial charge in [-0.2, -0.15) is 0 Å². The summed E-state index contributed by atoms with van der Waals surface area (Å²) in [6.07, 6.45) is 6.40. The van der Waals surface area contributed by atoms with Gasteiger partial charge in [0, 0.05) is 12.6 Å². The van der Waals surface area contributed by atoms with Crippen LogP contribution in [-0.2, 0) is 16.1 Å². The van der Waals surface area contributed by atoms with E-state index in [1.165, 1.54) is 12.8 Å². The van der Waals surface area contributed by atoms with Gasteiger partial charge in [0.1, 0.15) is 12.6 Å². The molecule has 2 aromatic carbocycles. The number of hydrogen-bond acceptors (Lipinski definition) is 6. The van der Waals surface area contributed by atoms with E-state index >= 15 is 0 Å². The minimum Gasteiger partial charge on any atom is -0.493 e. The van der Waals surface area contributed by atoms with Crippen LogP contribution in [0.4, 0.5) is 0 Å². The summed E-state index contributed by atoms with van der Waals surface area (Å²) in [7, 11) is 1.59. The quantitative estimate of drug-likeness (QED) is 0.498. The lowest BCUT2D eigenvalue weighted by molar-refractivity contribution is -0.159. The van der Waals surface area contributed by atoms with Crippen LogP contribution < -0.4 is 18.9 Å². The Labute approximate surface area is 218 Å². The zero-order valence-electron chi connectivity index (χ0n) is 21.9. The minimum atomic E-state index is -0.753. The molecule has 2 amide bonds. The molecule has 0 N–H and O–H groups in total. The molecule has 0 radical (unpaired) electrons. The standard InChI is InChI=1S/C29H36N2O6/c1-19(2)37-24-13-11-21(15-25(24)34-3)28-29(33)30(22-8-6-4-5-7-9-22)17-27(32)31(28)16-20-10-12-23-26(14-20)36-18-35-23/h10-15,19,22,28H,4-9,16-18H2,1-3H3/t28-/m1/s1. The fourth-order valence-electron chi connectivity index (χ4n) is 5.57. The SMILES string of the molecule is COc1cc([C@@H]2C(=O)N(C3CCCCCC3)CC(=O)N2Cc2ccc3c(c2)OCO3)ccc1OC(C)C. The van der Waals surface area contributed by atoms with Gasteiger partial charge in [-0.15, -0.1) is 0 Å². The van der Waals surface area contributed by atoms with Gasteiger partial charge in [0.25, 0.3) is 5.91 Å². The van der Waals surface area contributed by atoms with Crippen LogP contribution in [0.5, 0.6) is 23.0 Å². The molecule has 2 fully saturated rings. The molecule has 198 valence electrons. The predicted molar refractivity (Wildman–Crippen MR) is 138 cm³/mol. The molecule has 8 heteroatoms. The van der Waals surface area contributed by atoms with E-state index in [1.807, 2.05) is 55.1 Å². The molecule has 0 bridgehead atoms. The largest absolute Gasteiger partial charge is 0.493 e. The summed E-state index contributed by atoms with van der Waals surface area (Å²) in [5.74, 6) is 2.40. The van der Waals surface area contributed by atoms with Crippen molar-refractivity contribution >= 4 is 11.8 Å². The first-order valence-corrected chi connectivity index (χ1v) is 13.3. The Kier molecular flexibility index (Phi) is 7.44. The number of ether oxygens (including phenoxy) is 4. The minimum absolute atomic E-state index is 0.0223. The first-order valence-electron chi connectivity index (χ1n) is 13.3. The number of fused-ring (bicyclic) bond motifs is 1. The third-order valence-electron chi connectivity index (χ3n) is 7.38. The second-order valence-electron chi connectivity index (χ2n) is 10.3. The number of piperazine rings is 1. The lowest BCUT2D eigenvalue weighted by Crippen LogP contribution is -2.57. The van der Waals surface area contributed by atoms with E-state index in [9.17, 15) is 9.59 Å². The van der Waals surface area contributed by atoms with Crippen LogP contribution >= 0.6 is 0 Å². The smallest absolute Gasteiger partial charge is 0.250 e. The Morgan fingerprint density at radius 2 is 1.70 bits per heavy atom. The highest BCUT2D eigenvalue weighted by Gasteiger charge is 2.43. The molecule has 1 aliphatic carbocycles. The molecule has 0 spiro atoms. The summed E-state index contributed by atoms with van der Waals surface area (Å²) in [5, 5.41) is 0. The van der Waals surface area contributed by atoms with Crippen LogP contribution in [0.2, 0.25) is 0 Å². The molecule has 2 heterocycles. The number of amides is 2. The number of nitrogens with zero attached hydrogens (tertiary/aromatic N) is 2. The highest BCUT2D eigenvalue weighted by atomic mass is 16.7. The molecule has 2 aliphatic heterocycles. The van der Waals surface area contributed by atoms with E-state index < -0.39 is 6.04 Å². The van der Waals surface area contributed by atoms with Crippen LogP contribution in [0.15, 0.2) is 36.4 Å². The number of carbonyl (C=O) groups is 2. The average molecular weight is 509 g/mol. The van der Waals surface area contributed by atoms with Gasteiger partial charge in [-0.1, -0.05) is 37.8 Å². The molecular weight excluding hydrogens is 472 g/mol. The molecule has 37 heavy (non-hydrogen) atoms. The molecule has 0 unspecified atom stereocenters. The van der Waals surface area contributed by atoms with Crippen molar-refractivity contribution in [2.24, 2.45) is 0 Å². The van der Waals surface area contributed by atoms with Crippen molar-refractivity contribution in [1.82, 2.24) is 9.80 Å². The first-order chi connectivity index (χ1) is 17.9. The highest BCUT2D eigenvalue weighted by Crippen LogP contribution is 2.38. The third-order valence-corrected chi connectivity index (χ3v) is 7.38. The fourth-order valence-corrected chi connectivity index (χ4v) is 5.57. The Morgan fingerprint density at radius 3 is 2.43 bits per heavy atom. The number of rotatable bonds is 7. The summed E-state index contributed by atoms with van der Waals surface area (Å²) < 4.78 is 22.5. The van der Waals surface area contributed by atoms with Crippen molar-refractivity contribution in [3.63, 3.8) is 0 Å². The van der Waals surface area contributed by atoms with Crippen LogP contribution in [0.3, 0.4) is 0 Å². The summed E-state index contributed by atoms with van der Waals surface area (Å²) in [4.78, 5) is 31.4. The summed E-state index contributed by atoms with van der Waals surface area (Å²) in [5.41, 5.74) is 1.59. The highest BCUT2D eigenvalue weighted by molar-refractivity contribution is 5.96. The van der Waals surface area contributed by atoms with Crippen LogP contribution in [0.25, 0.3) is 0 Å². The summed E-state index contributed by atoms with van der Waals surface area (Å²) in [6.45, 7) is 4.49. The maximum atomic E-state index is 14.1. The number of methoxy groups -OCH3 is 1. The van der Waals surface area contributed by atoms with Gasteiger partial charge in [-0.05, 0) is 62.1 Å². The van der Waals surface area contributed by atoms with Crippen molar-refractivity contribution in [2.75, 3.05) is 20.4 Å². The maximum Gasteiger partial charge on any atom is 0.250 e. The topological polar surface area (TPSA) is 77.5 Å². The third kappa shape index (κ3) is 5.33. The van der Waals surface area contributed by atoms with Gasteiger partial charge in [0.2, 0.25) is 12.7 Å². The normalized spacial score (nSPS) is 20.4. The second-order valence-corrected chi connectivity index (χ2v) is 10.3. The number of carbonyl (C=O) groups excluding carboxylic acids is 2. The first kappa shape index (κ1) is 25.2. The van der Waals surface area contributed by atoms with Gasteiger partial charge >= 0.3 is 0 Å². The summed E-state index contributed by atoms with van der Waals surface area (Å²) >= 11 is 0. The maximum absolute atomic E-state index is 14.1. The Morgan fingerprint density at radius 1 is 0.946 bits per heavy atom. The van der Waals surface area contributed by atoms with Gasteiger partial charge in [0.05, 0.1) is 13.2 Å². The lowest BCUT2D eigenvalue weighted by atomic mass is 9.96. The van der Waals surface area contributed by atoms with Gasteiger partial charge in [-0.3, -0.25) is 9.59 Å². The molecule has 3 aliphatic rings. The van der Waals surface area contributed by atoms with E-state index in [4.69, 9.17) is 18.9 Å². The number of hydrogen-bond donors (Lipinski definition) is 0. The average Bonchev–Trinajstić information content (AvgIpc) is 3.18. The van der Waals surface area contributed by atoms with E-state index in [0.717, 1.165) is 31.2 Å². The Hall–Kier alpha value is -3.42. The molecule has 8 nitrogen and oxygen atoms in total. The van der Waals surface area contributed by atoms with Crippen LogP contribution in [0.1, 0.15) is 69.5 Å². The molecule has 1 saturated carbocycles. The molecule has 5 rings (SSSR count). The van der Waals surface area contributed by atoms with Crippen molar-refractivity contribution in [2.45, 2.75) is 77.1 Å². The van der Waals surface area contributed by atoms with Crippen molar-refractivity contribution in [3.8, 4) is 23.0 Å². The Bertz CT molecular complexity index is 1140. The molecule has 0 aromatic heterocycles. The van der Waals surface area contributed by atoms with Crippen LogP contribution in [-0.4, -0.2) is 54.2 Å². The van der Waals surface area contributed by atoms with Gasteiger partial charge in [0.15, 0.2) is 23.0 Å². The zero-order chi connectivity index (χ0) is 25.9. The van der Waals surface area contributed by atoms with E-state index in [-0.39, 0.29) is 43.8 Å². The van der Waals surface area contributed by atoms with Crippen molar-refractivity contribution in [1.29, 1.82) is 0 Å². The molecule has 1 atom stereocenters. The molecular formula is C29H36N2O6. The second kappa shape index (κ2) is 10.9. The fraction of sp³-hybridized carbons (Fsp3) is 0.517. The zero-order valence-corrected chi connectivity index (χ0v) is 21.9. The van der Waals surface area contributed by atoms with Crippen molar-refractivity contribution in [3.05, 3.63) is 47.5 Å². The van der Waals surface area contributed by atoms with E-state index in [1.54, 1.807) is 12.0 Å². The number of benzene rings is 2. The van der Waals surface area contributed by atoms with Gasteiger partial charge < -0.3 is 28.7 Å². The Balaban J connectivity index is 1.50. The van der Waals surface area contributed by atoms with Gasteiger partial charge in [-0.25, -0.2) is 0 Å². The summed E-state index contributed by atoms with van der Waals surface area (Å²) in [6, 6.07) is 10.5. The predicted octanol–water partition coefficient (Wildman–Crippen LogP) is 4.85. The monoisotopic (exact) mass is 508 g/mol. The van der Waals surface area contributed by atoms with E-state index in [2.05, 4.69) is 0 Å². The van der Waals surface area contributed by atoms with Crippen LogP contribution in [0, 0.1) is 0 Å². The van der Waals surface area contributed by atoms with E-state index in [0.29, 0.717) is 28.6 Å².